The summed E-state index contributed by atoms with van der Waals surface area (Å²) in [5.41, 5.74) is 3.59. The van der Waals surface area contributed by atoms with Crippen molar-refractivity contribution in [1.29, 1.82) is 0 Å². The van der Waals surface area contributed by atoms with Crippen molar-refractivity contribution < 1.29 is 19.1 Å². The van der Waals surface area contributed by atoms with Crippen LogP contribution >= 0.6 is 0 Å². The molecule has 0 aliphatic carbocycles. The molecule has 2 aliphatic rings. The van der Waals surface area contributed by atoms with E-state index in [-0.39, 0.29) is 24.3 Å². The minimum Gasteiger partial charge on any atom is -0.483 e. The molecule has 166 valence electrons. The summed E-state index contributed by atoms with van der Waals surface area (Å²) in [6.07, 6.45) is 3.21. The molecule has 8 heteroatoms. The maximum Gasteiger partial charge on any atom is 0.260 e. The molecule has 0 unspecified atom stereocenters. The molecule has 1 aromatic carbocycles. The number of aromatic amines is 1. The van der Waals surface area contributed by atoms with Crippen LogP contribution in [0.1, 0.15) is 45.9 Å². The number of hydrogen-bond acceptors (Lipinski definition) is 5. The average molecular weight is 427 g/mol. The van der Waals surface area contributed by atoms with Gasteiger partial charge in [0.2, 0.25) is 0 Å². The minimum absolute atomic E-state index is 0.00432. The molecule has 1 N–H and O–H groups in total. The molecule has 8 nitrogen and oxygen atoms in total. The number of rotatable bonds is 5. The fourth-order valence-corrected chi connectivity index (χ4v) is 4.38. The van der Waals surface area contributed by atoms with Crippen molar-refractivity contribution in [3.63, 3.8) is 0 Å². The van der Waals surface area contributed by atoms with Crippen molar-refractivity contribution in [3.05, 3.63) is 46.8 Å². The summed E-state index contributed by atoms with van der Waals surface area (Å²) >= 11 is 0. The first-order valence-electron chi connectivity index (χ1n) is 10.9. The Morgan fingerprint density at radius 1 is 1.10 bits per heavy atom. The Bertz CT molecular complexity index is 907. The van der Waals surface area contributed by atoms with Crippen LogP contribution < -0.4 is 4.74 Å². The molecule has 0 spiro atoms. The van der Waals surface area contributed by atoms with Crippen LogP contribution in [0.5, 0.6) is 5.75 Å². The standard InChI is InChI=1S/C23H30N4O4/c1-16-4-3-5-17(2)22(16)31-15-20(28)26-8-6-18(7-9-26)21-19(14-24-25-21)23(29)27-10-12-30-13-11-27/h3-5,14,18H,6-13,15H2,1-2H3,(H,24,25). The van der Waals surface area contributed by atoms with Gasteiger partial charge in [-0.2, -0.15) is 5.10 Å². The van der Waals surface area contributed by atoms with Crippen molar-refractivity contribution in [2.24, 2.45) is 0 Å². The number of piperidine rings is 1. The molecule has 0 saturated carbocycles. The van der Waals surface area contributed by atoms with Gasteiger partial charge < -0.3 is 19.3 Å². The quantitative estimate of drug-likeness (QED) is 0.793. The van der Waals surface area contributed by atoms with Gasteiger partial charge in [0.15, 0.2) is 6.61 Å². The van der Waals surface area contributed by atoms with E-state index in [1.165, 1.54) is 0 Å². The van der Waals surface area contributed by atoms with Crippen molar-refractivity contribution in [3.8, 4) is 5.75 Å². The molecule has 0 radical (unpaired) electrons. The molecule has 2 saturated heterocycles. The van der Waals surface area contributed by atoms with Gasteiger partial charge in [0.1, 0.15) is 5.75 Å². The number of ether oxygens (including phenoxy) is 2. The molecule has 2 aromatic rings. The third-order valence-electron chi connectivity index (χ3n) is 6.20. The van der Waals surface area contributed by atoms with Crippen molar-refractivity contribution in [2.75, 3.05) is 46.0 Å². The number of morpholine rings is 1. The second-order valence-electron chi connectivity index (χ2n) is 8.27. The van der Waals surface area contributed by atoms with Crippen molar-refractivity contribution in [2.45, 2.75) is 32.6 Å². The number of aryl methyl sites for hydroxylation is 2. The van der Waals surface area contributed by atoms with E-state index < -0.39 is 0 Å². The van der Waals surface area contributed by atoms with Gasteiger partial charge in [-0.3, -0.25) is 14.7 Å². The first kappa shape index (κ1) is 21.4. The highest BCUT2D eigenvalue weighted by Crippen LogP contribution is 2.30. The number of benzene rings is 1. The summed E-state index contributed by atoms with van der Waals surface area (Å²) in [6.45, 7) is 7.66. The Hall–Kier alpha value is -2.87. The Balaban J connectivity index is 1.32. The molecule has 4 rings (SSSR count). The SMILES string of the molecule is Cc1cccc(C)c1OCC(=O)N1CCC(c2[nH]ncc2C(=O)N2CCOCC2)CC1. The molecule has 0 bridgehead atoms. The van der Waals surface area contributed by atoms with Gasteiger partial charge in [-0.25, -0.2) is 0 Å². The van der Waals surface area contributed by atoms with Crippen LogP contribution in [0.15, 0.2) is 24.4 Å². The van der Waals surface area contributed by atoms with Gasteiger partial charge in [0.05, 0.1) is 30.7 Å². The van der Waals surface area contributed by atoms with Crippen LogP contribution in [-0.2, 0) is 9.53 Å². The number of para-hydroxylation sites is 1. The highest BCUT2D eigenvalue weighted by atomic mass is 16.5. The molecule has 2 aliphatic heterocycles. The second-order valence-corrected chi connectivity index (χ2v) is 8.27. The van der Waals surface area contributed by atoms with Crippen molar-refractivity contribution in [1.82, 2.24) is 20.0 Å². The number of carbonyl (C=O) groups excluding carboxylic acids is 2. The number of likely N-dealkylation sites (tertiary alicyclic amines) is 1. The predicted octanol–water partition coefficient (Wildman–Crippen LogP) is 2.28. The van der Waals surface area contributed by atoms with Gasteiger partial charge in [-0.05, 0) is 37.8 Å². The lowest BCUT2D eigenvalue weighted by Crippen LogP contribution is -2.42. The Labute approximate surface area is 182 Å². The summed E-state index contributed by atoms with van der Waals surface area (Å²) in [6, 6.07) is 5.95. The second kappa shape index (κ2) is 9.51. The van der Waals surface area contributed by atoms with Gasteiger partial charge in [0, 0.05) is 32.1 Å². The first-order valence-corrected chi connectivity index (χ1v) is 10.9. The molecular formula is C23H30N4O4. The highest BCUT2D eigenvalue weighted by Gasteiger charge is 2.30. The number of H-pyrrole nitrogens is 1. The number of aromatic nitrogens is 2. The van der Waals surface area contributed by atoms with E-state index in [2.05, 4.69) is 10.2 Å². The monoisotopic (exact) mass is 426 g/mol. The lowest BCUT2D eigenvalue weighted by Gasteiger charge is -2.32. The molecule has 3 heterocycles. The van der Waals surface area contributed by atoms with Crippen LogP contribution in [0.4, 0.5) is 0 Å². The normalized spacial score (nSPS) is 17.6. The lowest BCUT2D eigenvalue weighted by atomic mass is 9.91. The van der Waals surface area contributed by atoms with Crippen LogP contribution in [0.3, 0.4) is 0 Å². The smallest absolute Gasteiger partial charge is 0.260 e. The zero-order valence-electron chi connectivity index (χ0n) is 18.2. The number of amides is 2. The zero-order chi connectivity index (χ0) is 21.8. The predicted molar refractivity (Wildman–Crippen MR) is 115 cm³/mol. The Morgan fingerprint density at radius 2 is 1.77 bits per heavy atom. The summed E-state index contributed by atoms with van der Waals surface area (Å²) in [4.78, 5) is 29.3. The molecule has 2 amide bonds. The van der Waals surface area contributed by atoms with E-state index in [9.17, 15) is 9.59 Å². The average Bonchev–Trinajstić information content (AvgIpc) is 3.29. The van der Waals surface area contributed by atoms with E-state index in [1.54, 1.807) is 6.20 Å². The van der Waals surface area contributed by atoms with Gasteiger partial charge in [-0.15, -0.1) is 0 Å². The zero-order valence-corrected chi connectivity index (χ0v) is 18.2. The van der Waals surface area contributed by atoms with Crippen LogP contribution in [0.2, 0.25) is 0 Å². The highest BCUT2D eigenvalue weighted by molar-refractivity contribution is 5.95. The van der Waals surface area contributed by atoms with E-state index in [4.69, 9.17) is 9.47 Å². The third kappa shape index (κ3) is 4.74. The maximum atomic E-state index is 12.9. The largest absolute Gasteiger partial charge is 0.483 e. The summed E-state index contributed by atoms with van der Waals surface area (Å²) in [5.74, 6) is 0.975. The van der Waals surface area contributed by atoms with Gasteiger partial charge in [0.25, 0.3) is 11.8 Å². The van der Waals surface area contributed by atoms with E-state index >= 15 is 0 Å². The van der Waals surface area contributed by atoms with Crippen LogP contribution in [0.25, 0.3) is 0 Å². The minimum atomic E-state index is -0.00432. The van der Waals surface area contributed by atoms with E-state index in [1.807, 2.05) is 41.8 Å². The van der Waals surface area contributed by atoms with Gasteiger partial charge >= 0.3 is 0 Å². The molecular weight excluding hydrogens is 396 g/mol. The molecule has 31 heavy (non-hydrogen) atoms. The molecule has 0 atom stereocenters. The first-order chi connectivity index (χ1) is 15.0. The number of carbonyl (C=O) groups is 2. The van der Waals surface area contributed by atoms with E-state index in [0.29, 0.717) is 45.0 Å². The fourth-order valence-electron chi connectivity index (χ4n) is 4.38. The Kier molecular flexibility index (Phi) is 6.56. The Morgan fingerprint density at radius 3 is 2.45 bits per heavy atom. The van der Waals surface area contributed by atoms with Gasteiger partial charge in [-0.1, -0.05) is 18.2 Å². The topological polar surface area (TPSA) is 87.8 Å². The summed E-state index contributed by atoms with van der Waals surface area (Å²) in [7, 11) is 0. The number of nitrogens with zero attached hydrogens (tertiary/aromatic N) is 3. The lowest BCUT2D eigenvalue weighted by molar-refractivity contribution is -0.134. The maximum absolute atomic E-state index is 12.9. The van der Waals surface area contributed by atoms with Crippen LogP contribution in [-0.4, -0.2) is 77.8 Å². The number of nitrogens with one attached hydrogen (secondary N) is 1. The van der Waals surface area contributed by atoms with Crippen LogP contribution in [0, 0.1) is 13.8 Å². The summed E-state index contributed by atoms with van der Waals surface area (Å²) in [5, 5.41) is 7.18. The van der Waals surface area contributed by atoms with Crippen molar-refractivity contribution >= 4 is 11.8 Å². The number of hydrogen-bond donors (Lipinski definition) is 1. The molecule has 2 fully saturated rings. The fraction of sp³-hybridized carbons (Fsp3) is 0.522. The van der Waals surface area contributed by atoms with E-state index in [0.717, 1.165) is 35.4 Å². The third-order valence-corrected chi connectivity index (χ3v) is 6.20. The summed E-state index contributed by atoms with van der Waals surface area (Å²) < 4.78 is 11.2. The molecule has 1 aromatic heterocycles.